The second-order valence-electron chi connectivity index (χ2n) is 6.67. The number of urea groups is 1. The van der Waals surface area contributed by atoms with Crippen LogP contribution >= 0.6 is 15.9 Å². The van der Waals surface area contributed by atoms with E-state index in [1.54, 1.807) is 19.1 Å². The SMILES string of the molecule is CCOC(=O)c1cnn(CC(O)c2ccccc2)c1NC(=O)NCc1cccc(Br)c1. The van der Waals surface area contributed by atoms with Gasteiger partial charge in [-0.25, -0.2) is 14.3 Å². The van der Waals surface area contributed by atoms with E-state index in [9.17, 15) is 14.7 Å². The number of carbonyl (C=O) groups excluding carboxylic acids is 2. The van der Waals surface area contributed by atoms with Crippen LogP contribution in [-0.4, -0.2) is 33.5 Å². The Labute approximate surface area is 188 Å². The van der Waals surface area contributed by atoms with Gasteiger partial charge >= 0.3 is 12.0 Å². The zero-order chi connectivity index (χ0) is 22.2. The molecule has 2 aromatic carbocycles. The maximum Gasteiger partial charge on any atom is 0.343 e. The Bertz CT molecular complexity index is 1040. The number of aliphatic hydroxyl groups is 1. The minimum atomic E-state index is -0.874. The van der Waals surface area contributed by atoms with Crippen molar-refractivity contribution >= 4 is 33.7 Å². The second-order valence-corrected chi connectivity index (χ2v) is 7.59. The minimum absolute atomic E-state index is 0.0463. The van der Waals surface area contributed by atoms with Gasteiger partial charge in [-0.15, -0.1) is 0 Å². The first-order chi connectivity index (χ1) is 15.0. The molecule has 0 saturated carbocycles. The molecule has 2 amide bonds. The van der Waals surface area contributed by atoms with Gasteiger partial charge < -0.3 is 15.2 Å². The van der Waals surface area contributed by atoms with E-state index in [1.807, 2.05) is 42.5 Å². The Kier molecular flexibility index (Phi) is 7.80. The summed E-state index contributed by atoms with van der Waals surface area (Å²) in [5.41, 5.74) is 1.71. The van der Waals surface area contributed by atoms with Gasteiger partial charge in [-0.2, -0.15) is 5.10 Å². The Morgan fingerprint density at radius 1 is 1.19 bits per heavy atom. The van der Waals surface area contributed by atoms with Crippen LogP contribution in [0.5, 0.6) is 0 Å². The second kappa shape index (κ2) is 10.7. The fourth-order valence-electron chi connectivity index (χ4n) is 2.94. The number of halogens is 1. The average molecular weight is 487 g/mol. The van der Waals surface area contributed by atoms with Crippen molar-refractivity contribution < 1.29 is 19.4 Å². The minimum Gasteiger partial charge on any atom is -0.462 e. The van der Waals surface area contributed by atoms with Crippen molar-refractivity contribution in [3.05, 3.63) is 82.0 Å². The van der Waals surface area contributed by atoms with Crippen molar-refractivity contribution in [2.75, 3.05) is 11.9 Å². The van der Waals surface area contributed by atoms with Crippen LogP contribution in [0.1, 0.15) is 34.5 Å². The number of carbonyl (C=O) groups is 2. The largest absolute Gasteiger partial charge is 0.462 e. The molecule has 9 heteroatoms. The quantitative estimate of drug-likeness (QED) is 0.419. The van der Waals surface area contributed by atoms with Crippen molar-refractivity contribution in [2.24, 2.45) is 0 Å². The van der Waals surface area contributed by atoms with Crippen molar-refractivity contribution in [1.29, 1.82) is 0 Å². The third kappa shape index (κ3) is 6.16. The first-order valence-corrected chi connectivity index (χ1v) is 10.5. The predicted octanol–water partition coefficient (Wildman–Crippen LogP) is 3.88. The summed E-state index contributed by atoms with van der Waals surface area (Å²) >= 11 is 3.39. The highest BCUT2D eigenvalue weighted by Crippen LogP contribution is 2.21. The van der Waals surface area contributed by atoms with Gasteiger partial charge in [-0.1, -0.05) is 58.4 Å². The summed E-state index contributed by atoms with van der Waals surface area (Å²) in [6.07, 6.45) is 0.445. The number of esters is 1. The van der Waals surface area contributed by atoms with Crippen LogP contribution in [0.25, 0.3) is 0 Å². The first-order valence-electron chi connectivity index (χ1n) is 9.73. The lowest BCUT2D eigenvalue weighted by Gasteiger charge is -2.15. The molecular weight excluding hydrogens is 464 g/mol. The molecule has 3 aromatic rings. The number of nitrogens with zero attached hydrogens (tertiary/aromatic N) is 2. The fourth-order valence-corrected chi connectivity index (χ4v) is 3.39. The molecule has 0 radical (unpaired) electrons. The van der Waals surface area contributed by atoms with Crippen LogP contribution in [0.4, 0.5) is 10.6 Å². The molecule has 3 rings (SSSR count). The molecule has 1 unspecified atom stereocenters. The standard InChI is InChI=1S/C22H23BrN4O4/c1-2-31-21(29)18-13-25-27(14-19(28)16-8-4-3-5-9-16)20(18)26-22(30)24-12-15-7-6-10-17(23)11-15/h3-11,13,19,28H,2,12,14H2,1H3,(H2,24,26,30). The van der Waals surface area contributed by atoms with Crippen LogP contribution in [0.2, 0.25) is 0 Å². The Balaban J connectivity index is 1.76. The molecule has 0 aliphatic heterocycles. The first kappa shape index (κ1) is 22.5. The van der Waals surface area contributed by atoms with E-state index in [1.165, 1.54) is 10.9 Å². The molecule has 3 N–H and O–H groups in total. The number of ether oxygens (including phenoxy) is 1. The van der Waals surface area contributed by atoms with Crippen LogP contribution in [0, 0.1) is 0 Å². The molecule has 0 spiro atoms. The molecule has 0 bridgehead atoms. The molecule has 31 heavy (non-hydrogen) atoms. The van der Waals surface area contributed by atoms with Crippen LogP contribution in [0.3, 0.4) is 0 Å². The summed E-state index contributed by atoms with van der Waals surface area (Å²) in [4.78, 5) is 24.8. The molecule has 8 nitrogen and oxygen atoms in total. The van der Waals surface area contributed by atoms with Crippen LogP contribution < -0.4 is 10.6 Å². The number of amides is 2. The fraction of sp³-hybridized carbons (Fsp3) is 0.227. The third-order valence-electron chi connectivity index (χ3n) is 4.44. The van der Waals surface area contributed by atoms with Crippen molar-refractivity contribution in [3.8, 4) is 0 Å². The normalized spacial score (nSPS) is 11.6. The van der Waals surface area contributed by atoms with E-state index in [0.29, 0.717) is 12.1 Å². The van der Waals surface area contributed by atoms with Gasteiger partial charge in [0.25, 0.3) is 0 Å². The highest BCUT2D eigenvalue weighted by Gasteiger charge is 2.22. The summed E-state index contributed by atoms with van der Waals surface area (Å²) < 4.78 is 7.35. The molecule has 1 atom stereocenters. The molecular formula is C22H23BrN4O4. The third-order valence-corrected chi connectivity index (χ3v) is 4.93. The van der Waals surface area contributed by atoms with Crippen molar-refractivity contribution in [3.63, 3.8) is 0 Å². The topological polar surface area (TPSA) is 105 Å². The Morgan fingerprint density at radius 3 is 2.68 bits per heavy atom. The number of aromatic nitrogens is 2. The number of hydrogen-bond acceptors (Lipinski definition) is 5. The van der Waals surface area contributed by atoms with Gasteiger partial charge in [0.1, 0.15) is 11.4 Å². The van der Waals surface area contributed by atoms with E-state index < -0.39 is 18.1 Å². The average Bonchev–Trinajstić information content (AvgIpc) is 3.15. The zero-order valence-electron chi connectivity index (χ0n) is 16.9. The van der Waals surface area contributed by atoms with E-state index >= 15 is 0 Å². The maximum atomic E-state index is 12.5. The van der Waals surface area contributed by atoms with Crippen LogP contribution in [0.15, 0.2) is 65.3 Å². The van der Waals surface area contributed by atoms with E-state index in [4.69, 9.17) is 4.74 Å². The molecule has 0 fully saturated rings. The lowest BCUT2D eigenvalue weighted by Crippen LogP contribution is -2.30. The Hall–Kier alpha value is -3.17. The highest BCUT2D eigenvalue weighted by molar-refractivity contribution is 9.10. The van der Waals surface area contributed by atoms with Gasteiger partial charge in [-0.05, 0) is 30.2 Å². The van der Waals surface area contributed by atoms with Gasteiger partial charge in [0, 0.05) is 11.0 Å². The lowest BCUT2D eigenvalue weighted by molar-refractivity contribution is 0.0527. The number of aliphatic hydroxyl groups excluding tert-OH is 1. The number of rotatable bonds is 8. The number of anilines is 1. The summed E-state index contributed by atoms with van der Waals surface area (Å²) in [6, 6.07) is 16.1. The molecule has 0 saturated heterocycles. The summed E-state index contributed by atoms with van der Waals surface area (Å²) in [5, 5.41) is 20.1. The summed E-state index contributed by atoms with van der Waals surface area (Å²) in [7, 11) is 0. The maximum absolute atomic E-state index is 12.5. The smallest absolute Gasteiger partial charge is 0.343 e. The van der Waals surface area contributed by atoms with Crippen molar-refractivity contribution in [2.45, 2.75) is 26.1 Å². The van der Waals surface area contributed by atoms with E-state index in [-0.39, 0.29) is 24.5 Å². The van der Waals surface area contributed by atoms with E-state index in [2.05, 4.69) is 31.7 Å². The number of benzene rings is 2. The molecule has 162 valence electrons. The van der Waals surface area contributed by atoms with Gasteiger partial charge in [0.2, 0.25) is 0 Å². The number of hydrogen-bond donors (Lipinski definition) is 3. The zero-order valence-corrected chi connectivity index (χ0v) is 18.5. The monoisotopic (exact) mass is 486 g/mol. The van der Waals surface area contributed by atoms with Crippen molar-refractivity contribution in [1.82, 2.24) is 15.1 Å². The molecule has 1 heterocycles. The van der Waals surface area contributed by atoms with Gasteiger partial charge in [0.15, 0.2) is 0 Å². The Morgan fingerprint density at radius 2 is 1.97 bits per heavy atom. The van der Waals surface area contributed by atoms with Crippen LogP contribution in [-0.2, 0) is 17.8 Å². The van der Waals surface area contributed by atoms with Gasteiger partial charge in [0.05, 0.1) is 25.5 Å². The summed E-state index contributed by atoms with van der Waals surface area (Å²) in [5.74, 6) is -0.453. The lowest BCUT2D eigenvalue weighted by atomic mass is 10.1. The highest BCUT2D eigenvalue weighted by atomic mass is 79.9. The molecule has 0 aliphatic rings. The molecule has 0 aliphatic carbocycles. The predicted molar refractivity (Wildman–Crippen MR) is 120 cm³/mol. The summed E-state index contributed by atoms with van der Waals surface area (Å²) in [6.45, 7) is 2.22. The molecule has 1 aromatic heterocycles. The number of nitrogens with one attached hydrogen (secondary N) is 2. The van der Waals surface area contributed by atoms with E-state index in [0.717, 1.165) is 10.0 Å². The van der Waals surface area contributed by atoms with Gasteiger partial charge in [-0.3, -0.25) is 5.32 Å².